The number of amides is 1. The van der Waals surface area contributed by atoms with Crippen molar-refractivity contribution in [3.05, 3.63) is 35.1 Å². The van der Waals surface area contributed by atoms with Crippen LogP contribution in [0.25, 0.3) is 0 Å². The number of hydrogen-bond acceptors (Lipinski definition) is 6. The highest BCUT2D eigenvalue weighted by Gasteiger charge is 2.26. The molecule has 7 nitrogen and oxygen atoms in total. The van der Waals surface area contributed by atoms with Gasteiger partial charge < -0.3 is 24.1 Å². The number of benzene rings is 1. The van der Waals surface area contributed by atoms with Gasteiger partial charge in [0.1, 0.15) is 5.76 Å². The van der Waals surface area contributed by atoms with E-state index in [1.807, 2.05) is 12.1 Å². The lowest BCUT2D eigenvalue weighted by Crippen LogP contribution is -2.27. The summed E-state index contributed by atoms with van der Waals surface area (Å²) in [6, 6.07) is 5.62. The molecule has 0 unspecified atom stereocenters. The lowest BCUT2D eigenvalue weighted by Gasteiger charge is -2.16. The van der Waals surface area contributed by atoms with Crippen molar-refractivity contribution in [2.24, 2.45) is 0 Å². The second kappa shape index (κ2) is 7.46. The van der Waals surface area contributed by atoms with E-state index in [-0.39, 0.29) is 11.9 Å². The third-order valence-electron chi connectivity index (χ3n) is 4.40. The molecule has 1 aromatic heterocycles. The molecule has 0 fully saturated rings. The number of fused-ring (bicyclic) bond motifs is 1. The highest BCUT2D eigenvalue weighted by atomic mass is 16.5. The molecule has 7 heteroatoms. The van der Waals surface area contributed by atoms with Gasteiger partial charge >= 0.3 is 0 Å². The maximum Gasteiger partial charge on any atom is 0.254 e. The van der Waals surface area contributed by atoms with Crippen molar-refractivity contribution in [1.29, 1.82) is 0 Å². The van der Waals surface area contributed by atoms with E-state index in [1.165, 1.54) is 12.7 Å². The molecule has 2 aromatic rings. The minimum absolute atomic E-state index is 0.00781. The van der Waals surface area contributed by atoms with Crippen LogP contribution in [-0.2, 0) is 17.6 Å². The fourth-order valence-corrected chi connectivity index (χ4v) is 3.09. The summed E-state index contributed by atoms with van der Waals surface area (Å²) in [6.45, 7) is 0. The van der Waals surface area contributed by atoms with Crippen LogP contribution in [-0.4, -0.2) is 32.4 Å². The van der Waals surface area contributed by atoms with Crippen LogP contribution in [0.3, 0.4) is 0 Å². The molecule has 1 amide bonds. The summed E-state index contributed by atoms with van der Waals surface area (Å²) in [5.41, 5.74) is 2.27. The molecule has 0 saturated heterocycles. The molecule has 0 bridgehead atoms. The molecule has 1 N–H and O–H groups in total. The average molecular weight is 346 g/mol. The quantitative estimate of drug-likeness (QED) is 0.829. The number of nitrogens with one attached hydrogen (secondary N) is 1. The number of aryl methyl sites for hydroxylation is 2. The normalized spacial score (nSPS) is 15.6. The minimum Gasteiger partial charge on any atom is -0.493 e. The van der Waals surface area contributed by atoms with Crippen LogP contribution in [0, 0.1) is 0 Å². The molecular formula is C18H22N2O5. The van der Waals surface area contributed by atoms with Crippen LogP contribution < -0.4 is 19.5 Å². The largest absolute Gasteiger partial charge is 0.493 e. The van der Waals surface area contributed by atoms with Crippen molar-refractivity contribution in [3.8, 4) is 17.4 Å². The SMILES string of the molecule is COc1cc(CCC(=O)N[C@@H]2CCc3cc(OC)c(OC)cc32)on1. The maximum absolute atomic E-state index is 12.3. The summed E-state index contributed by atoms with van der Waals surface area (Å²) < 4.78 is 20.8. The lowest BCUT2D eigenvalue weighted by atomic mass is 10.1. The van der Waals surface area contributed by atoms with Crippen LogP contribution in [0.5, 0.6) is 17.4 Å². The Bertz CT molecular complexity index is 756. The van der Waals surface area contributed by atoms with E-state index in [0.717, 1.165) is 18.4 Å². The summed E-state index contributed by atoms with van der Waals surface area (Å²) >= 11 is 0. The zero-order valence-corrected chi connectivity index (χ0v) is 14.6. The van der Waals surface area contributed by atoms with Crippen LogP contribution in [0.4, 0.5) is 0 Å². The number of ether oxygens (including phenoxy) is 3. The molecule has 1 aliphatic carbocycles. The van der Waals surface area contributed by atoms with E-state index >= 15 is 0 Å². The van der Waals surface area contributed by atoms with Crippen molar-refractivity contribution >= 4 is 5.91 Å². The molecule has 0 saturated carbocycles. The monoisotopic (exact) mass is 346 g/mol. The van der Waals surface area contributed by atoms with Gasteiger partial charge in [-0.15, -0.1) is 0 Å². The summed E-state index contributed by atoms with van der Waals surface area (Å²) in [5.74, 6) is 2.41. The number of rotatable bonds is 7. The van der Waals surface area contributed by atoms with Gasteiger partial charge in [0.15, 0.2) is 11.5 Å². The molecule has 134 valence electrons. The van der Waals surface area contributed by atoms with E-state index in [2.05, 4.69) is 10.5 Å². The molecule has 1 atom stereocenters. The van der Waals surface area contributed by atoms with Gasteiger partial charge in [0.05, 0.1) is 27.4 Å². The van der Waals surface area contributed by atoms with Crippen LogP contribution >= 0.6 is 0 Å². The van der Waals surface area contributed by atoms with Crippen LogP contribution in [0.2, 0.25) is 0 Å². The maximum atomic E-state index is 12.3. The standard InChI is InChI=1S/C18H22N2O5/c1-22-15-8-11-4-6-14(13(11)10-16(15)23-2)19-17(21)7-5-12-9-18(24-3)20-25-12/h8-10,14H,4-7H2,1-3H3,(H,19,21)/t14-/m1/s1. The number of nitrogens with zero attached hydrogens (tertiary/aromatic N) is 1. The topological polar surface area (TPSA) is 82.8 Å². The number of carbonyl (C=O) groups excluding carboxylic acids is 1. The smallest absolute Gasteiger partial charge is 0.254 e. The summed E-state index contributed by atoms with van der Waals surface area (Å²) in [7, 11) is 4.75. The Morgan fingerprint density at radius 3 is 2.64 bits per heavy atom. The number of aromatic nitrogens is 1. The van der Waals surface area contributed by atoms with E-state index in [9.17, 15) is 4.79 Å². The molecule has 1 heterocycles. The predicted octanol–water partition coefficient (Wildman–Crippen LogP) is 2.44. The van der Waals surface area contributed by atoms with Gasteiger partial charge in [-0.3, -0.25) is 4.79 Å². The zero-order chi connectivity index (χ0) is 17.8. The van der Waals surface area contributed by atoms with Gasteiger partial charge in [0.2, 0.25) is 5.91 Å². The van der Waals surface area contributed by atoms with Gasteiger partial charge in [0, 0.05) is 18.9 Å². The molecule has 25 heavy (non-hydrogen) atoms. The zero-order valence-electron chi connectivity index (χ0n) is 14.6. The van der Waals surface area contributed by atoms with Crippen molar-refractivity contribution < 1.29 is 23.5 Å². The molecule has 0 aliphatic heterocycles. The molecule has 1 aliphatic rings. The Morgan fingerprint density at radius 1 is 1.20 bits per heavy atom. The Balaban J connectivity index is 1.62. The third-order valence-corrected chi connectivity index (χ3v) is 4.40. The van der Waals surface area contributed by atoms with Gasteiger partial charge in [-0.25, -0.2) is 0 Å². The van der Waals surface area contributed by atoms with Gasteiger partial charge in [-0.05, 0) is 41.3 Å². The van der Waals surface area contributed by atoms with Gasteiger partial charge in [-0.1, -0.05) is 0 Å². The van der Waals surface area contributed by atoms with Crippen LogP contribution in [0.15, 0.2) is 22.7 Å². The fourth-order valence-electron chi connectivity index (χ4n) is 3.09. The second-order valence-corrected chi connectivity index (χ2v) is 5.90. The molecule has 3 rings (SSSR count). The summed E-state index contributed by atoms with van der Waals surface area (Å²) in [4.78, 5) is 12.3. The van der Waals surface area contributed by atoms with E-state index in [1.54, 1.807) is 20.3 Å². The lowest BCUT2D eigenvalue weighted by molar-refractivity contribution is -0.121. The van der Waals surface area contributed by atoms with Crippen molar-refractivity contribution in [1.82, 2.24) is 10.5 Å². The first kappa shape index (κ1) is 17.1. The first-order valence-electron chi connectivity index (χ1n) is 8.18. The average Bonchev–Trinajstić information content (AvgIpc) is 3.25. The summed E-state index contributed by atoms with van der Waals surface area (Å²) in [6.07, 6.45) is 2.58. The second-order valence-electron chi connectivity index (χ2n) is 5.90. The van der Waals surface area contributed by atoms with Crippen molar-refractivity contribution in [2.75, 3.05) is 21.3 Å². The van der Waals surface area contributed by atoms with Crippen LogP contribution in [0.1, 0.15) is 35.8 Å². The molecule has 1 aromatic carbocycles. The minimum atomic E-state index is -0.0250. The predicted molar refractivity (Wildman–Crippen MR) is 90.1 cm³/mol. The highest BCUT2D eigenvalue weighted by Crippen LogP contribution is 2.39. The number of hydrogen-bond donors (Lipinski definition) is 1. The first-order chi connectivity index (χ1) is 12.1. The van der Waals surface area contributed by atoms with Gasteiger partial charge in [0.25, 0.3) is 5.88 Å². The Hall–Kier alpha value is -2.70. The van der Waals surface area contributed by atoms with Crippen molar-refractivity contribution in [2.45, 2.75) is 31.7 Å². The first-order valence-corrected chi connectivity index (χ1v) is 8.18. The Labute approximate surface area is 146 Å². The molecule has 0 radical (unpaired) electrons. The summed E-state index contributed by atoms with van der Waals surface area (Å²) in [5, 5.41) is 6.81. The Kier molecular flexibility index (Phi) is 5.11. The van der Waals surface area contributed by atoms with Crippen molar-refractivity contribution in [3.63, 3.8) is 0 Å². The highest BCUT2D eigenvalue weighted by molar-refractivity contribution is 5.77. The number of methoxy groups -OCH3 is 3. The molecular weight excluding hydrogens is 324 g/mol. The van der Waals surface area contributed by atoms with Gasteiger partial charge in [-0.2, -0.15) is 0 Å². The Morgan fingerprint density at radius 2 is 1.96 bits per heavy atom. The van der Waals surface area contributed by atoms with E-state index in [4.69, 9.17) is 18.7 Å². The number of carbonyl (C=O) groups is 1. The molecule has 0 spiro atoms. The van der Waals surface area contributed by atoms with E-state index < -0.39 is 0 Å². The van der Waals surface area contributed by atoms with E-state index in [0.29, 0.717) is 36.0 Å². The third kappa shape index (κ3) is 3.70. The fraction of sp³-hybridized carbons (Fsp3) is 0.444.